The zero-order valence-corrected chi connectivity index (χ0v) is 16.5. The minimum absolute atomic E-state index is 0.241. The molecule has 2 atom stereocenters. The maximum absolute atomic E-state index is 9.82. The largest absolute Gasteiger partial charge is 0.368 e. The standard InChI is InChI=1S/C23H26ClNO2/c1-27-23(26)18-12-25(13-18)22-9-6-17-10-15(5-8-20(17)22)16-4-7-19(14-2-3-14)21(24)11-16/h4-5,7-8,10-11,14,18,22-23,26H,2-3,6,9,12-13H2,1H3. The number of halogens is 1. The Balaban J connectivity index is 1.33. The minimum Gasteiger partial charge on any atom is -0.368 e. The summed E-state index contributed by atoms with van der Waals surface area (Å²) < 4.78 is 5.05. The maximum atomic E-state index is 9.82. The Morgan fingerprint density at radius 2 is 1.74 bits per heavy atom. The molecule has 0 amide bonds. The van der Waals surface area contributed by atoms with E-state index in [1.807, 2.05) is 0 Å². The number of nitrogens with zero attached hydrogens (tertiary/aromatic N) is 1. The molecule has 1 saturated carbocycles. The summed E-state index contributed by atoms with van der Waals surface area (Å²) in [5.41, 5.74) is 6.69. The number of hydrogen-bond acceptors (Lipinski definition) is 3. The molecule has 2 aromatic rings. The van der Waals surface area contributed by atoms with Crippen LogP contribution in [0, 0.1) is 5.92 Å². The first-order chi connectivity index (χ1) is 13.1. The summed E-state index contributed by atoms with van der Waals surface area (Å²) in [6, 6.07) is 13.9. The van der Waals surface area contributed by atoms with Crippen molar-refractivity contribution in [2.45, 2.75) is 43.9 Å². The first-order valence-electron chi connectivity index (χ1n) is 10.0. The van der Waals surface area contributed by atoms with Gasteiger partial charge in [-0.3, -0.25) is 4.90 Å². The molecule has 1 saturated heterocycles. The van der Waals surface area contributed by atoms with Gasteiger partial charge in [0.1, 0.15) is 0 Å². The van der Waals surface area contributed by atoms with Crippen molar-refractivity contribution in [3.8, 4) is 11.1 Å². The van der Waals surface area contributed by atoms with E-state index in [1.54, 1.807) is 7.11 Å². The maximum Gasteiger partial charge on any atom is 0.159 e. The van der Waals surface area contributed by atoms with Crippen molar-refractivity contribution in [2.24, 2.45) is 5.92 Å². The molecule has 27 heavy (non-hydrogen) atoms. The summed E-state index contributed by atoms with van der Waals surface area (Å²) in [6.07, 6.45) is 4.20. The summed E-state index contributed by atoms with van der Waals surface area (Å²) in [5.74, 6) is 0.926. The first-order valence-corrected chi connectivity index (χ1v) is 10.4. The molecule has 1 N–H and O–H groups in total. The molecule has 2 fully saturated rings. The van der Waals surface area contributed by atoms with Gasteiger partial charge in [0.2, 0.25) is 0 Å². The van der Waals surface area contributed by atoms with Crippen LogP contribution < -0.4 is 0 Å². The Labute approximate surface area is 165 Å². The van der Waals surface area contributed by atoms with Crippen LogP contribution in [0.5, 0.6) is 0 Å². The molecule has 142 valence electrons. The molecule has 1 aliphatic heterocycles. The molecule has 5 rings (SSSR count). The van der Waals surface area contributed by atoms with Crippen LogP contribution in [0.25, 0.3) is 11.1 Å². The SMILES string of the molecule is COC(O)C1CN(C2CCc3cc(-c4ccc(C5CC5)c(Cl)c4)ccc32)C1. The molecule has 0 radical (unpaired) electrons. The normalized spacial score (nSPS) is 23.9. The van der Waals surface area contributed by atoms with E-state index in [2.05, 4.69) is 41.3 Å². The molecular weight excluding hydrogens is 358 g/mol. The third-order valence-electron chi connectivity index (χ3n) is 6.56. The lowest BCUT2D eigenvalue weighted by Gasteiger charge is -2.44. The van der Waals surface area contributed by atoms with E-state index in [-0.39, 0.29) is 5.92 Å². The fourth-order valence-corrected chi connectivity index (χ4v) is 5.10. The van der Waals surface area contributed by atoms with Gasteiger partial charge in [-0.15, -0.1) is 0 Å². The number of aliphatic hydroxyl groups is 1. The molecule has 0 spiro atoms. The highest BCUT2D eigenvalue weighted by Crippen LogP contribution is 2.45. The number of methoxy groups -OCH3 is 1. The van der Waals surface area contributed by atoms with Crippen LogP contribution in [0.3, 0.4) is 0 Å². The summed E-state index contributed by atoms with van der Waals surface area (Å²) in [6.45, 7) is 1.83. The Kier molecular flexibility index (Phi) is 4.52. The molecule has 3 aliphatic rings. The number of rotatable bonds is 5. The van der Waals surface area contributed by atoms with Crippen LogP contribution in [0.15, 0.2) is 36.4 Å². The number of ether oxygens (including phenoxy) is 1. The number of aryl methyl sites for hydroxylation is 1. The van der Waals surface area contributed by atoms with Gasteiger partial charge in [-0.05, 0) is 65.5 Å². The van der Waals surface area contributed by atoms with Gasteiger partial charge < -0.3 is 9.84 Å². The molecular formula is C23H26ClNO2. The lowest BCUT2D eigenvalue weighted by atomic mass is 9.93. The van der Waals surface area contributed by atoms with Crippen LogP contribution in [0.1, 0.15) is 47.9 Å². The fourth-order valence-electron chi connectivity index (χ4n) is 4.76. The van der Waals surface area contributed by atoms with Gasteiger partial charge in [0, 0.05) is 37.2 Å². The van der Waals surface area contributed by atoms with Crippen molar-refractivity contribution < 1.29 is 9.84 Å². The Morgan fingerprint density at radius 1 is 1.04 bits per heavy atom. The van der Waals surface area contributed by atoms with Crippen molar-refractivity contribution in [1.29, 1.82) is 0 Å². The van der Waals surface area contributed by atoms with Crippen molar-refractivity contribution >= 4 is 11.6 Å². The van der Waals surface area contributed by atoms with Crippen LogP contribution in [0.4, 0.5) is 0 Å². The zero-order valence-electron chi connectivity index (χ0n) is 15.7. The number of aliphatic hydroxyl groups excluding tert-OH is 1. The topological polar surface area (TPSA) is 32.7 Å². The molecule has 0 bridgehead atoms. The minimum atomic E-state index is -0.632. The number of benzene rings is 2. The van der Waals surface area contributed by atoms with E-state index in [9.17, 15) is 5.11 Å². The monoisotopic (exact) mass is 383 g/mol. The number of hydrogen-bond donors (Lipinski definition) is 1. The van der Waals surface area contributed by atoms with Gasteiger partial charge >= 0.3 is 0 Å². The Morgan fingerprint density at radius 3 is 2.41 bits per heavy atom. The van der Waals surface area contributed by atoms with Gasteiger partial charge in [-0.2, -0.15) is 0 Å². The van der Waals surface area contributed by atoms with Crippen molar-refractivity contribution in [3.63, 3.8) is 0 Å². The van der Waals surface area contributed by atoms with E-state index in [1.165, 1.54) is 40.7 Å². The van der Waals surface area contributed by atoms with Gasteiger partial charge in [-0.1, -0.05) is 41.9 Å². The highest BCUT2D eigenvalue weighted by atomic mass is 35.5. The van der Waals surface area contributed by atoms with E-state index in [0.717, 1.165) is 31.0 Å². The molecule has 3 nitrogen and oxygen atoms in total. The lowest BCUT2D eigenvalue weighted by molar-refractivity contribution is -0.156. The predicted molar refractivity (Wildman–Crippen MR) is 108 cm³/mol. The van der Waals surface area contributed by atoms with Gasteiger partial charge in [0.05, 0.1) is 0 Å². The van der Waals surface area contributed by atoms with Gasteiger partial charge in [-0.25, -0.2) is 0 Å². The van der Waals surface area contributed by atoms with Crippen LogP contribution in [-0.2, 0) is 11.2 Å². The third kappa shape index (κ3) is 3.21. The fraction of sp³-hybridized carbons (Fsp3) is 0.478. The summed E-state index contributed by atoms with van der Waals surface area (Å²) in [4.78, 5) is 2.47. The van der Waals surface area contributed by atoms with Crippen LogP contribution in [0.2, 0.25) is 5.02 Å². The highest BCUT2D eigenvalue weighted by Gasteiger charge is 2.39. The number of likely N-dealkylation sites (tertiary alicyclic amines) is 1. The third-order valence-corrected chi connectivity index (χ3v) is 6.89. The average molecular weight is 384 g/mol. The number of fused-ring (bicyclic) bond motifs is 1. The average Bonchev–Trinajstić information content (AvgIpc) is 3.40. The molecule has 2 aromatic carbocycles. The smallest absolute Gasteiger partial charge is 0.159 e. The molecule has 2 unspecified atom stereocenters. The first kappa shape index (κ1) is 17.7. The van der Waals surface area contributed by atoms with Gasteiger partial charge in [0.15, 0.2) is 6.29 Å². The second kappa shape index (κ2) is 6.89. The van der Waals surface area contributed by atoms with Crippen molar-refractivity contribution in [2.75, 3.05) is 20.2 Å². The highest BCUT2D eigenvalue weighted by molar-refractivity contribution is 6.31. The van der Waals surface area contributed by atoms with E-state index in [0.29, 0.717) is 12.0 Å². The second-order valence-corrected chi connectivity index (χ2v) is 8.73. The predicted octanol–water partition coefficient (Wildman–Crippen LogP) is 4.77. The van der Waals surface area contributed by atoms with Crippen molar-refractivity contribution in [1.82, 2.24) is 4.90 Å². The summed E-state index contributed by atoms with van der Waals surface area (Å²) in [7, 11) is 1.57. The summed E-state index contributed by atoms with van der Waals surface area (Å²) >= 11 is 6.54. The van der Waals surface area contributed by atoms with E-state index >= 15 is 0 Å². The molecule has 4 heteroatoms. The molecule has 1 heterocycles. The Bertz CT molecular complexity index is 857. The quantitative estimate of drug-likeness (QED) is 0.755. The molecule has 2 aliphatic carbocycles. The zero-order chi connectivity index (χ0) is 18.5. The van der Waals surface area contributed by atoms with Crippen LogP contribution in [-0.4, -0.2) is 36.5 Å². The second-order valence-electron chi connectivity index (χ2n) is 8.32. The summed E-state index contributed by atoms with van der Waals surface area (Å²) in [5, 5.41) is 10.7. The van der Waals surface area contributed by atoms with E-state index in [4.69, 9.17) is 16.3 Å². The van der Waals surface area contributed by atoms with Crippen molar-refractivity contribution in [3.05, 3.63) is 58.1 Å². The van der Waals surface area contributed by atoms with Gasteiger partial charge in [0.25, 0.3) is 0 Å². The van der Waals surface area contributed by atoms with E-state index < -0.39 is 6.29 Å². The van der Waals surface area contributed by atoms with Crippen LogP contribution >= 0.6 is 11.6 Å². The molecule has 0 aromatic heterocycles. The Hall–Kier alpha value is -1.39. The lowest BCUT2D eigenvalue weighted by Crippen LogP contribution is -2.53.